The number of morpholine rings is 1. The summed E-state index contributed by atoms with van der Waals surface area (Å²) in [5.41, 5.74) is 2.05. The number of halogens is 3. The molecule has 0 saturated carbocycles. The number of hydrogen-bond donors (Lipinski definition) is 2. The van der Waals surface area contributed by atoms with Crippen LogP contribution in [0.4, 0.5) is 18.3 Å². The number of carbonyl (C=O) groups is 2. The van der Waals surface area contributed by atoms with E-state index < -0.39 is 24.2 Å². The van der Waals surface area contributed by atoms with Crippen LogP contribution in [0.25, 0.3) is 10.6 Å². The fraction of sp³-hybridized carbons (Fsp3) is 0.500. The summed E-state index contributed by atoms with van der Waals surface area (Å²) in [4.78, 5) is 34.9. The minimum atomic E-state index is -4.54. The van der Waals surface area contributed by atoms with Crippen LogP contribution < -0.4 is 10.6 Å². The molecule has 2 N–H and O–H groups in total. The zero-order valence-electron chi connectivity index (χ0n) is 17.7. The number of fused-ring (bicyclic) bond motifs is 1. The zero-order chi connectivity index (χ0) is 23.2. The minimum absolute atomic E-state index is 0.169. The van der Waals surface area contributed by atoms with E-state index >= 15 is 0 Å². The number of aryl methyl sites for hydroxylation is 1. The molecule has 0 aromatic carbocycles. The summed E-state index contributed by atoms with van der Waals surface area (Å²) in [5.74, 6) is -0.968. The molecule has 0 spiro atoms. The Bertz CT molecular complexity index is 1070. The number of amides is 2. The predicted molar refractivity (Wildman–Crippen MR) is 111 cm³/mol. The Morgan fingerprint density at radius 2 is 2.16 bits per heavy atom. The Labute approximate surface area is 186 Å². The highest BCUT2D eigenvalue weighted by molar-refractivity contribution is 7.19. The molecule has 12 heteroatoms. The van der Waals surface area contributed by atoms with Crippen LogP contribution in [-0.4, -0.2) is 58.6 Å². The minimum Gasteiger partial charge on any atom is -0.369 e. The van der Waals surface area contributed by atoms with Gasteiger partial charge in [0.15, 0.2) is 5.13 Å². The molecular weight excluding hydrogens is 447 g/mol. The van der Waals surface area contributed by atoms with Crippen LogP contribution in [0.2, 0.25) is 0 Å². The maximum atomic E-state index is 13.4. The molecule has 4 heterocycles. The molecule has 0 bridgehead atoms. The van der Waals surface area contributed by atoms with E-state index in [4.69, 9.17) is 4.74 Å². The lowest BCUT2D eigenvalue weighted by Gasteiger charge is -2.27. The number of ether oxygens (including phenoxy) is 1. The lowest BCUT2D eigenvalue weighted by Crippen LogP contribution is -2.43. The van der Waals surface area contributed by atoms with Crippen molar-refractivity contribution in [3.63, 3.8) is 0 Å². The van der Waals surface area contributed by atoms with Gasteiger partial charge in [-0.25, -0.2) is 9.97 Å². The Hall–Kier alpha value is -2.57. The number of thiazole rings is 1. The van der Waals surface area contributed by atoms with E-state index in [0.717, 1.165) is 11.8 Å². The van der Waals surface area contributed by atoms with Crippen molar-refractivity contribution in [1.82, 2.24) is 20.2 Å². The van der Waals surface area contributed by atoms with Gasteiger partial charge in [-0.1, -0.05) is 11.3 Å². The molecule has 2 atom stereocenters. The van der Waals surface area contributed by atoms with Gasteiger partial charge in [0, 0.05) is 26.6 Å². The summed E-state index contributed by atoms with van der Waals surface area (Å²) in [6, 6.07) is -0.297. The van der Waals surface area contributed by atoms with Crippen LogP contribution in [-0.2, 0) is 16.1 Å². The summed E-state index contributed by atoms with van der Waals surface area (Å²) in [7, 11) is 0. The van der Waals surface area contributed by atoms with Crippen LogP contribution >= 0.6 is 11.3 Å². The van der Waals surface area contributed by atoms with Crippen molar-refractivity contribution in [3.05, 3.63) is 28.6 Å². The number of anilines is 1. The van der Waals surface area contributed by atoms with Crippen molar-refractivity contribution in [3.8, 4) is 10.6 Å². The maximum Gasteiger partial charge on any atom is 0.408 e. The molecule has 172 valence electrons. The highest BCUT2D eigenvalue weighted by atomic mass is 32.1. The van der Waals surface area contributed by atoms with Gasteiger partial charge in [0.2, 0.25) is 5.91 Å². The quantitative estimate of drug-likeness (QED) is 0.715. The van der Waals surface area contributed by atoms with Crippen LogP contribution in [0.5, 0.6) is 0 Å². The highest BCUT2D eigenvalue weighted by Crippen LogP contribution is 2.39. The normalized spacial score (nSPS) is 19.8. The fourth-order valence-electron chi connectivity index (χ4n) is 3.81. The first-order valence-electron chi connectivity index (χ1n) is 10.1. The van der Waals surface area contributed by atoms with E-state index in [-0.39, 0.29) is 18.0 Å². The number of aromatic nitrogens is 2. The summed E-state index contributed by atoms with van der Waals surface area (Å²) in [5, 5.41) is 6.19. The topological polar surface area (TPSA) is 96.5 Å². The second-order valence-corrected chi connectivity index (χ2v) is 8.75. The number of alkyl halides is 3. The molecule has 1 fully saturated rings. The van der Waals surface area contributed by atoms with Gasteiger partial charge in [-0.3, -0.25) is 9.59 Å². The largest absolute Gasteiger partial charge is 0.408 e. The van der Waals surface area contributed by atoms with Gasteiger partial charge in [-0.05, 0) is 25.5 Å². The molecule has 1 saturated heterocycles. The molecular formula is C20H22F3N5O3S. The summed E-state index contributed by atoms with van der Waals surface area (Å²) >= 11 is 1.21. The predicted octanol–water partition coefficient (Wildman–Crippen LogP) is 3.04. The van der Waals surface area contributed by atoms with Gasteiger partial charge in [0.05, 0.1) is 34.1 Å². The molecule has 2 amide bonds. The van der Waals surface area contributed by atoms with Crippen molar-refractivity contribution in [2.75, 3.05) is 25.0 Å². The van der Waals surface area contributed by atoms with Gasteiger partial charge < -0.3 is 20.3 Å². The van der Waals surface area contributed by atoms with Gasteiger partial charge in [0.1, 0.15) is 12.1 Å². The van der Waals surface area contributed by atoms with Crippen molar-refractivity contribution < 1.29 is 27.5 Å². The molecule has 2 unspecified atom stereocenters. The second-order valence-electron chi connectivity index (χ2n) is 7.76. The highest BCUT2D eigenvalue weighted by Gasteiger charge is 2.46. The summed E-state index contributed by atoms with van der Waals surface area (Å²) in [6.45, 7) is 5.36. The zero-order valence-corrected chi connectivity index (χ0v) is 18.5. The van der Waals surface area contributed by atoms with Crippen molar-refractivity contribution in [1.29, 1.82) is 0 Å². The maximum absolute atomic E-state index is 13.4. The first-order chi connectivity index (χ1) is 15.1. The van der Waals surface area contributed by atoms with E-state index in [0.29, 0.717) is 52.4 Å². The molecule has 2 aliphatic rings. The molecule has 8 nitrogen and oxygen atoms in total. The number of rotatable bonds is 4. The average Bonchev–Trinajstić information content (AvgIpc) is 3.25. The average molecular weight is 469 g/mol. The number of nitrogens with one attached hydrogen (secondary N) is 2. The van der Waals surface area contributed by atoms with Crippen LogP contribution in [0, 0.1) is 6.92 Å². The van der Waals surface area contributed by atoms with E-state index in [1.807, 2.05) is 0 Å². The third kappa shape index (κ3) is 4.21. The van der Waals surface area contributed by atoms with Gasteiger partial charge in [0.25, 0.3) is 5.91 Å². The van der Waals surface area contributed by atoms with Crippen molar-refractivity contribution in [2.45, 2.75) is 45.6 Å². The van der Waals surface area contributed by atoms with Crippen molar-refractivity contribution >= 4 is 28.3 Å². The van der Waals surface area contributed by atoms with E-state index in [1.54, 1.807) is 13.0 Å². The van der Waals surface area contributed by atoms with Crippen molar-refractivity contribution in [2.24, 2.45) is 0 Å². The van der Waals surface area contributed by atoms with Crippen LogP contribution in [0.15, 0.2) is 6.07 Å². The third-order valence-electron chi connectivity index (χ3n) is 5.43. The fourth-order valence-corrected chi connectivity index (χ4v) is 4.78. The first kappa shape index (κ1) is 22.6. The molecule has 2 aliphatic heterocycles. The molecule has 32 heavy (non-hydrogen) atoms. The summed E-state index contributed by atoms with van der Waals surface area (Å²) in [6.07, 6.45) is -5.11. The smallest absolute Gasteiger partial charge is 0.369 e. The number of carbonyl (C=O) groups excluding carboxylic acids is 2. The molecule has 0 radical (unpaired) electrons. The number of hydrogen-bond acceptors (Lipinski definition) is 7. The second kappa shape index (κ2) is 8.41. The summed E-state index contributed by atoms with van der Waals surface area (Å²) < 4.78 is 45.9. The monoisotopic (exact) mass is 469 g/mol. The Kier molecular flexibility index (Phi) is 5.94. The van der Waals surface area contributed by atoms with E-state index in [2.05, 4.69) is 20.6 Å². The third-order valence-corrected chi connectivity index (χ3v) is 6.53. The van der Waals surface area contributed by atoms with Crippen LogP contribution in [0.3, 0.4) is 0 Å². The number of nitrogens with zero attached hydrogens (tertiary/aromatic N) is 3. The molecule has 2 aromatic heterocycles. The van der Waals surface area contributed by atoms with E-state index in [1.165, 1.54) is 18.3 Å². The molecule has 2 aromatic rings. The SMILES string of the molecule is CC(=O)Nc1nc(C)c(-c2cc3c(c(C4CNCCO4)n2)C(=O)N(C(C)C(F)(F)F)C3)s1. The Morgan fingerprint density at radius 3 is 2.78 bits per heavy atom. The molecule has 4 rings (SSSR count). The first-order valence-corrected chi connectivity index (χ1v) is 10.9. The Balaban J connectivity index is 1.80. The van der Waals surface area contributed by atoms with Gasteiger partial charge in [-0.2, -0.15) is 13.2 Å². The molecule has 0 aliphatic carbocycles. The Morgan fingerprint density at radius 1 is 1.41 bits per heavy atom. The number of pyridine rings is 1. The standard InChI is InChI=1S/C20H22F3N5O3S/c1-9-17(32-19(25-9)26-11(3)29)13-6-12-8-28(10(2)20(21,22)23)18(30)15(12)16(27-13)14-7-24-4-5-31-14/h6,10,14,24H,4-5,7-8H2,1-3H3,(H,25,26,29). The van der Waals surface area contributed by atoms with Crippen LogP contribution in [0.1, 0.15) is 47.3 Å². The van der Waals surface area contributed by atoms with E-state index in [9.17, 15) is 22.8 Å². The van der Waals surface area contributed by atoms with Gasteiger partial charge >= 0.3 is 6.18 Å². The lowest BCUT2D eigenvalue weighted by atomic mass is 10.0. The van der Waals surface area contributed by atoms with Gasteiger partial charge in [-0.15, -0.1) is 0 Å². The lowest BCUT2D eigenvalue weighted by molar-refractivity contribution is -0.172.